The molecule has 0 aliphatic heterocycles. The largest absolute Gasteiger partial charge is 0.494 e. The van der Waals surface area contributed by atoms with E-state index in [2.05, 4.69) is 42.0 Å². The lowest BCUT2D eigenvalue weighted by Crippen LogP contribution is -2.13. The van der Waals surface area contributed by atoms with Crippen molar-refractivity contribution < 1.29 is 4.74 Å². The third-order valence-electron chi connectivity index (χ3n) is 4.39. The summed E-state index contributed by atoms with van der Waals surface area (Å²) in [5.74, 6) is 1.87. The second-order valence-electron chi connectivity index (χ2n) is 6.04. The van der Waals surface area contributed by atoms with Crippen molar-refractivity contribution >= 4 is 10.9 Å². The SMILES string of the molecule is CCCOc1ccc2c(ccn2CC2CCCCC2)c1. The van der Waals surface area contributed by atoms with Crippen LogP contribution in [-0.4, -0.2) is 11.2 Å². The number of hydrogen-bond acceptors (Lipinski definition) is 1. The van der Waals surface area contributed by atoms with Gasteiger partial charge in [0.15, 0.2) is 0 Å². The second kappa shape index (κ2) is 6.34. The van der Waals surface area contributed by atoms with Crippen LogP contribution in [-0.2, 0) is 6.54 Å². The summed E-state index contributed by atoms with van der Waals surface area (Å²) in [5, 5.41) is 1.30. The van der Waals surface area contributed by atoms with Crippen LogP contribution < -0.4 is 4.74 Å². The van der Waals surface area contributed by atoms with E-state index in [1.807, 2.05) is 0 Å². The average Bonchev–Trinajstić information content (AvgIpc) is 2.89. The number of nitrogens with zero attached hydrogens (tertiary/aromatic N) is 1. The van der Waals surface area contributed by atoms with Crippen molar-refractivity contribution in [1.29, 1.82) is 0 Å². The zero-order chi connectivity index (χ0) is 13.8. The number of fused-ring (bicyclic) bond motifs is 1. The van der Waals surface area contributed by atoms with Gasteiger partial charge in [0.05, 0.1) is 6.61 Å². The van der Waals surface area contributed by atoms with Crippen molar-refractivity contribution in [3.05, 3.63) is 30.5 Å². The third-order valence-corrected chi connectivity index (χ3v) is 4.39. The first-order chi connectivity index (χ1) is 9.86. The Morgan fingerprint density at radius 2 is 2.00 bits per heavy atom. The fraction of sp³-hybridized carbons (Fsp3) is 0.556. The molecule has 1 aliphatic rings. The van der Waals surface area contributed by atoms with Crippen LogP contribution in [0.1, 0.15) is 45.4 Å². The number of benzene rings is 1. The van der Waals surface area contributed by atoms with Gasteiger partial charge in [-0.2, -0.15) is 0 Å². The number of hydrogen-bond donors (Lipinski definition) is 0. The summed E-state index contributed by atoms with van der Waals surface area (Å²) < 4.78 is 8.14. The van der Waals surface area contributed by atoms with Gasteiger partial charge in [-0.25, -0.2) is 0 Å². The van der Waals surface area contributed by atoms with Gasteiger partial charge in [-0.05, 0) is 49.4 Å². The molecular weight excluding hydrogens is 246 g/mol. The molecular formula is C18H25NO. The van der Waals surface area contributed by atoms with Crippen molar-refractivity contribution in [2.24, 2.45) is 5.92 Å². The molecule has 1 fully saturated rings. The molecule has 0 amide bonds. The molecule has 1 aromatic carbocycles. The molecule has 0 spiro atoms. The van der Waals surface area contributed by atoms with Crippen molar-refractivity contribution in [2.45, 2.75) is 52.0 Å². The van der Waals surface area contributed by atoms with Gasteiger partial charge in [-0.1, -0.05) is 26.2 Å². The Kier molecular flexibility index (Phi) is 4.29. The Bertz CT molecular complexity index is 552. The Morgan fingerprint density at radius 1 is 1.15 bits per heavy atom. The van der Waals surface area contributed by atoms with E-state index in [4.69, 9.17) is 4.74 Å². The predicted molar refractivity (Wildman–Crippen MR) is 84.3 cm³/mol. The van der Waals surface area contributed by atoms with Crippen molar-refractivity contribution in [1.82, 2.24) is 4.57 Å². The number of aromatic nitrogens is 1. The van der Waals surface area contributed by atoms with Gasteiger partial charge in [0.25, 0.3) is 0 Å². The van der Waals surface area contributed by atoms with E-state index in [0.717, 1.165) is 24.7 Å². The Morgan fingerprint density at radius 3 is 2.80 bits per heavy atom. The summed E-state index contributed by atoms with van der Waals surface area (Å²) >= 11 is 0. The molecule has 0 unspecified atom stereocenters. The van der Waals surface area contributed by atoms with E-state index >= 15 is 0 Å². The zero-order valence-electron chi connectivity index (χ0n) is 12.5. The van der Waals surface area contributed by atoms with Gasteiger partial charge in [-0.15, -0.1) is 0 Å². The highest BCUT2D eigenvalue weighted by molar-refractivity contribution is 5.81. The molecule has 2 aromatic rings. The van der Waals surface area contributed by atoms with E-state index in [-0.39, 0.29) is 0 Å². The lowest BCUT2D eigenvalue weighted by Gasteiger charge is -2.22. The molecule has 0 saturated heterocycles. The van der Waals surface area contributed by atoms with Gasteiger partial charge >= 0.3 is 0 Å². The highest BCUT2D eigenvalue weighted by Crippen LogP contribution is 2.28. The molecule has 0 N–H and O–H groups in total. The topological polar surface area (TPSA) is 14.2 Å². The fourth-order valence-electron chi connectivity index (χ4n) is 3.30. The van der Waals surface area contributed by atoms with Crippen LogP contribution in [0.25, 0.3) is 10.9 Å². The molecule has 0 radical (unpaired) electrons. The molecule has 3 rings (SSSR count). The van der Waals surface area contributed by atoms with E-state index in [1.165, 1.54) is 49.6 Å². The number of ether oxygens (including phenoxy) is 1. The summed E-state index contributed by atoms with van der Waals surface area (Å²) in [6.45, 7) is 4.12. The Balaban J connectivity index is 1.75. The first-order valence-electron chi connectivity index (χ1n) is 8.08. The molecule has 20 heavy (non-hydrogen) atoms. The Labute approximate surface area is 121 Å². The average molecular weight is 271 g/mol. The second-order valence-corrected chi connectivity index (χ2v) is 6.04. The monoisotopic (exact) mass is 271 g/mol. The van der Waals surface area contributed by atoms with Gasteiger partial charge in [-0.3, -0.25) is 0 Å². The minimum atomic E-state index is 0.800. The molecule has 108 valence electrons. The molecule has 1 aliphatic carbocycles. The van der Waals surface area contributed by atoms with E-state index in [0.29, 0.717) is 0 Å². The molecule has 0 bridgehead atoms. The molecule has 1 aromatic heterocycles. The predicted octanol–water partition coefficient (Wildman–Crippen LogP) is 5.01. The van der Waals surface area contributed by atoms with E-state index < -0.39 is 0 Å². The molecule has 2 nitrogen and oxygen atoms in total. The van der Waals surface area contributed by atoms with Crippen molar-refractivity contribution in [3.63, 3.8) is 0 Å². The van der Waals surface area contributed by atoms with Crippen LogP contribution in [0.15, 0.2) is 30.5 Å². The van der Waals surface area contributed by atoms with Crippen LogP contribution in [0.5, 0.6) is 5.75 Å². The van der Waals surface area contributed by atoms with Gasteiger partial charge in [0.2, 0.25) is 0 Å². The van der Waals surface area contributed by atoms with Crippen LogP contribution in [0.2, 0.25) is 0 Å². The van der Waals surface area contributed by atoms with E-state index in [9.17, 15) is 0 Å². The van der Waals surface area contributed by atoms with Crippen LogP contribution in [0.4, 0.5) is 0 Å². The summed E-state index contributed by atoms with van der Waals surface area (Å²) in [5.41, 5.74) is 1.35. The fourth-order valence-corrected chi connectivity index (χ4v) is 3.30. The van der Waals surface area contributed by atoms with E-state index in [1.54, 1.807) is 0 Å². The highest BCUT2D eigenvalue weighted by Gasteiger charge is 2.14. The van der Waals surface area contributed by atoms with Crippen LogP contribution in [0, 0.1) is 5.92 Å². The minimum Gasteiger partial charge on any atom is -0.494 e. The van der Waals surface area contributed by atoms with Crippen LogP contribution >= 0.6 is 0 Å². The zero-order valence-corrected chi connectivity index (χ0v) is 12.5. The maximum atomic E-state index is 5.71. The van der Waals surface area contributed by atoms with Crippen molar-refractivity contribution in [2.75, 3.05) is 6.61 Å². The summed E-state index contributed by atoms with van der Waals surface area (Å²) in [4.78, 5) is 0. The molecule has 1 heterocycles. The third kappa shape index (κ3) is 3.00. The highest BCUT2D eigenvalue weighted by atomic mass is 16.5. The lowest BCUT2D eigenvalue weighted by atomic mass is 9.89. The number of rotatable bonds is 5. The summed E-state index contributed by atoms with van der Waals surface area (Å²) in [6.07, 6.45) is 10.4. The first kappa shape index (κ1) is 13.5. The van der Waals surface area contributed by atoms with Gasteiger partial charge in [0, 0.05) is 23.6 Å². The Hall–Kier alpha value is -1.44. The molecule has 1 saturated carbocycles. The molecule has 0 atom stereocenters. The van der Waals surface area contributed by atoms with Crippen LogP contribution in [0.3, 0.4) is 0 Å². The maximum absolute atomic E-state index is 5.71. The van der Waals surface area contributed by atoms with Gasteiger partial charge < -0.3 is 9.30 Å². The first-order valence-corrected chi connectivity index (χ1v) is 8.08. The maximum Gasteiger partial charge on any atom is 0.120 e. The quantitative estimate of drug-likeness (QED) is 0.745. The summed E-state index contributed by atoms with van der Waals surface area (Å²) in [6, 6.07) is 8.71. The summed E-state index contributed by atoms with van der Waals surface area (Å²) in [7, 11) is 0. The van der Waals surface area contributed by atoms with Gasteiger partial charge in [0.1, 0.15) is 5.75 Å². The molecule has 2 heteroatoms. The lowest BCUT2D eigenvalue weighted by molar-refractivity contribution is 0.317. The smallest absolute Gasteiger partial charge is 0.120 e. The standard InChI is InChI=1S/C18H25NO/c1-2-12-20-17-8-9-18-16(13-17)10-11-19(18)14-15-6-4-3-5-7-15/h8-11,13,15H,2-7,12,14H2,1H3. The van der Waals surface area contributed by atoms with Crippen molar-refractivity contribution in [3.8, 4) is 5.75 Å². The normalized spacial score (nSPS) is 16.6. The minimum absolute atomic E-state index is 0.800.